The van der Waals surface area contributed by atoms with E-state index < -0.39 is 9.84 Å². The molecule has 0 atom stereocenters. The van der Waals surface area contributed by atoms with Crippen molar-refractivity contribution in [2.45, 2.75) is 51.9 Å². The molecular weight excluding hydrogens is 286 g/mol. The van der Waals surface area contributed by atoms with Crippen molar-refractivity contribution in [3.05, 3.63) is 0 Å². The highest BCUT2D eigenvalue weighted by molar-refractivity contribution is 7.91. The molecule has 0 aromatic heterocycles. The van der Waals surface area contributed by atoms with E-state index in [2.05, 4.69) is 15.6 Å². The smallest absolute Gasteiger partial charge is 0.191 e. The zero-order chi connectivity index (χ0) is 15.6. The normalized spacial score (nSPS) is 17.1. The Morgan fingerprint density at radius 2 is 1.81 bits per heavy atom. The van der Waals surface area contributed by atoms with E-state index in [1.807, 2.05) is 0 Å². The molecule has 0 aromatic carbocycles. The van der Waals surface area contributed by atoms with Gasteiger partial charge in [-0.3, -0.25) is 4.99 Å². The lowest BCUT2D eigenvalue weighted by molar-refractivity contribution is 0.472. The second-order valence-electron chi connectivity index (χ2n) is 5.81. The Balaban J connectivity index is 2.05. The third kappa shape index (κ3) is 8.29. The van der Waals surface area contributed by atoms with Gasteiger partial charge >= 0.3 is 0 Å². The fraction of sp³-hybridized carbons (Fsp3) is 0.933. The van der Waals surface area contributed by atoms with Crippen molar-refractivity contribution in [2.75, 3.05) is 31.6 Å². The van der Waals surface area contributed by atoms with E-state index in [-0.39, 0.29) is 11.5 Å². The fourth-order valence-corrected chi connectivity index (χ4v) is 3.46. The van der Waals surface area contributed by atoms with Crippen molar-refractivity contribution >= 4 is 15.8 Å². The molecular formula is C15H31N3O2S. The molecule has 0 unspecified atom stereocenters. The van der Waals surface area contributed by atoms with Gasteiger partial charge in [0.15, 0.2) is 15.8 Å². The first kappa shape index (κ1) is 18.3. The first-order valence-corrected chi connectivity index (χ1v) is 10.0. The van der Waals surface area contributed by atoms with Crippen LogP contribution in [0.15, 0.2) is 4.99 Å². The summed E-state index contributed by atoms with van der Waals surface area (Å²) in [5.41, 5.74) is 0. The van der Waals surface area contributed by atoms with Crippen molar-refractivity contribution in [1.82, 2.24) is 10.6 Å². The summed E-state index contributed by atoms with van der Waals surface area (Å²) < 4.78 is 22.8. The quantitative estimate of drug-likeness (QED) is 0.387. The molecule has 1 fully saturated rings. The van der Waals surface area contributed by atoms with Crippen molar-refractivity contribution in [3.63, 3.8) is 0 Å². The predicted octanol–water partition coefficient (Wildman–Crippen LogP) is 1.95. The Bertz CT molecular complexity index is 401. The van der Waals surface area contributed by atoms with Gasteiger partial charge in [0, 0.05) is 25.9 Å². The number of sulfone groups is 1. The first-order chi connectivity index (χ1) is 10.1. The molecule has 0 heterocycles. The summed E-state index contributed by atoms with van der Waals surface area (Å²) in [4.78, 5) is 4.11. The van der Waals surface area contributed by atoms with Gasteiger partial charge in [0.2, 0.25) is 0 Å². The van der Waals surface area contributed by atoms with Gasteiger partial charge in [-0.25, -0.2) is 8.42 Å². The van der Waals surface area contributed by atoms with Gasteiger partial charge in [0.05, 0.1) is 5.75 Å². The van der Waals surface area contributed by atoms with Crippen molar-refractivity contribution in [3.8, 4) is 0 Å². The highest BCUT2D eigenvalue weighted by Gasteiger charge is 2.13. The maximum absolute atomic E-state index is 11.4. The lowest BCUT2D eigenvalue weighted by atomic mass is 10.0. The van der Waals surface area contributed by atoms with Crippen LogP contribution in [-0.4, -0.2) is 46.0 Å². The molecule has 1 rings (SSSR count). The first-order valence-electron chi connectivity index (χ1n) is 8.22. The molecule has 1 saturated carbocycles. The van der Waals surface area contributed by atoms with E-state index in [0.29, 0.717) is 12.5 Å². The van der Waals surface area contributed by atoms with Gasteiger partial charge in [-0.05, 0) is 12.3 Å². The number of nitrogens with one attached hydrogen (secondary N) is 2. The Morgan fingerprint density at radius 3 is 2.43 bits per heavy atom. The molecule has 0 saturated heterocycles. The summed E-state index contributed by atoms with van der Waals surface area (Å²) in [7, 11) is -1.20. The van der Waals surface area contributed by atoms with Crippen LogP contribution < -0.4 is 10.6 Å². The van der Waals surface area contributed by atoms with Crippen LogP contribution in [0, 0.1) is 5.92 Å². The van der Waals surface area contributed by atoms with Gasteiger partial charge in [-0.2, -0.15) is 0 Å². The van der Waals surface area contributed by atoms with Gasteiger partial charge in [0.25, 0.3) is 0 Å². The number of hydrogen-bond acceptors (Lipinski definition) is 3. The standard InChI is InChI=1S/C15H31N3O2S/c1-3-21(19,20)13-12-18-15(16-2)17-11-7-6-10-14-8-4-5-9-14/h14H,3-13H2,1-2H3,(H2,16,17,18). The second kappa shape index (κ2) is 10.0. The van der Waals surface area contributed by atoms with Gasteiger partial charge in [0.1, 0.15) is 0 Å². The second-order valence-corrected chi connectivity index (χ2v) is 8.28. The molecule has 5 nitrogen and oxygen atoms in total. The average molecular weight is 317 g/mol. The van der Waals surface area contributed by atoms with Crippen molar-refractivity contribution in [2.24, 2.45) is 10.9 Å². The Labute approximate surface area is 129 Å². The molecule has 6 heteroatoms. The Kier molecular flexibility index (Phi) is 8.73. The van der Waals surface area contributed by atoms with Crippen molar-refractivity contribution < 1.29 is 8.42 Å². The molecule has 2 N–H and O–H groups in total. The Hall–Kier alpha value is -0.780. The molecule has 0 bridgehead atoms. The molecule has 1 aliphatic carbocycles. The largest absolute Gasteiger partial charge is 0.356 e. The monoisotopic (exact) mass is 317 g/mol. The van der Waals surface area contributed by atoms with Crippen LogP contribution in [0.1, 0.15) is 51.9 Å². The molecule has 0 spiro atoms. The summed E-state index contributed by atoms with van der Waals surface area (Å²) in [5.74, 6) is 2.01. The number of aliphatic imine (C=N–C) groups is 1. The SMILES string of the molecule is CCS(=O)(=O)CCNC(=NC)NCCCCC1CCCC1. The van der Waals surface area contributed by atoms with Crippen molar-refractivity contribution in [1.29, 1.82) is 0 Å². The van der Waals surface area contributed by atoms with Gasteiger partial charge in [-0.15, -0.1) is 0 Å². The maximum Gasteiger partial charge on any atom is 0.191 e. The highest BCUT2D eigenvalue weighted by Crippen LogP contribution is 2.28. The van der Waals surface area contributed by atoms with Crippen LogP contribution in [0.5, 0.6) is 0 Å². The zero-order valence-corrected chi connectivity index (χ0v) is 14.3. The van der Waals surface area contributed by atoms with E-state index in [4.69, 9.17) is 0 Å². The van der Waals surface area contributed by atoms with Crippen LogP contribution in [-0.2, 0) is 9.84 Å². The van der Waals surface area contributed by atoms with Crippen LogP contribution in [0.2, 0.25) is 0 Å². The maximum atomic E-state index is 11.4. The van der Waals surface area contributed by atoms with Crippen LogP contribution in [0.3, 0.4) is 0 Å². The number of hydrogen-bond donors (Lipinski definition) is 2. The number of guanidine groups is 1. The minimum atomic E-state index is -2.91. The summed E-state index contributed by atoms with van der Waals surface area (Å²) >= 11 is 0. The van der Waals surface area contributed by atoms with Crippen LogP contribution in [0.4, 0.5) is 0 Å². The molecule has 0 radical (unpaired) electrons. The van der Waals surface area contributed by atoms with Crippen LogP contribution >= 0.6 is 0 Å². The lowest BCUT2D eigenvalue weighted by Crippen LogP contribution is -2.40. The highest BCUT2D eigenvalue weighted by atomic mass is 32.2. The number of unbranched alkanes of at least 4 members (excludes halogenated alkanes) is 1. The molecule has 124 valence electrons. The number of nitrogens with zero attached hydrogens (tertiary/aromatic N) is 1. The number of rotatable bonds is 9. The van der Waals surface area contributed by atoms with E-state index in [9.17, 15) is 8.42 Å². The van der Waals surface area contributed by atoms with Gasteiger partial charge in [-0.1, -0.05) is 45.4 Å². The molecule has 0 aliphatic heterocycles. The van der Waals surface area contributed by atoms with E-state index in [1.54, 1.807) is 14.0 Å². The van der Waals surface area contributed by atoms with E-state index >= 15 is 0 Å². The summed E-state index contributed by atoms with van der Waals surface area (Å²) in [5, 5.41) is 6.29. The molecule has 21 heavy (non-hydrogen) atoms. The third-order valence-electron chi connectivity index (χ3n) is 4.18. The van der Waals surface area contributed by atoms with E-state index in [0.717, 1.165) is 18.9 Å². The summed E-state index contributed by atoms with van der Waals surface area (Å²) in [6.07, 6.45) is 9.43. The zero-order valence-electron chi connectivity index (χ0n) is 13.5. The summed E-state index contributed by atoms with van der Waals surface area (Å²) in [6.45, 7) is 2.98. The average Bonchev–Trinajstić information content (AvgIpc) is 2.98. The lowest BCUT2D eigenvalue weighted by Gasteiger charge is -2.12. The minimum absolute atomic E-state index is 0.159. The molecule has 0 amide bonds. The fourth-order valence-electron chi connectivity index (χ4n) is 2.75. The van der Waals surface area contributed by atoms with Crippen LogP contribution in [0.25, 0.3) is 0 Å². The molecule has 0 aromatic rings. The summed E-state index contributed by atoms with van der Waals surface area (Å²) in [6, 6.07) is 0. The Morgan fingerprint density at radius 1 is 1.14 bits per heavy atom. The topological polar surface area (TPSA) is 70.6 Å². The van der Waals surface area contributed by atoms with E-state index in [1.165, 1.54) is 38.5 Å². The minimum Gasteiger partial charge on any atom is -0.356 e. The predicted molar refractivity (Wildman–Crippen MR) is 89.5 cm³/mol. The third-order valence-corrected chi connectivity index (χ3v) is 5.88. The van der Waals surface area contributed by atoms with Gasteiger partial charge < -0.3 is 10.6 Å². The molecule has 1 aliphatic rings.